The third kappa shape index (κ3) is 6.62. The van der Waals surface area contributed by atoms with Crippen LogP contribution >= 0.6 is 0 Å². The number of hydrogen-bond acceptors (Lipinski definition) is 3. The highest BCUT2D eigenvalue weighted by Crippen LogP contribution is 2.29. The second-order valence-corrected chi connectivity index (χ2v) is 10.2. The van der Waals surface area contributed by atoms with Gasteiger partial charge in [0.05, 0.1) is 12.1 Å². The van der Waals surface area contributed by atoms with E-state index in [2.05, 4.69) is 17.2 Å². The van der Waals surface area contributed by atoms with Gasteiger partial charge in [0, 0.05) is 44.8 Å². The number of halogens is 3. The summed E-state index contributed by atoms with van der Waals surface area (Å²) in [6.45, 7) is 0.902. The molecule has 1 aliphatic carbocycles. The maximum absolute atomic E-state index is 12.9. The summed E-state index contributed by atoms with van der Waals surface area (Å²) in [5, 5.41) is 2.61. The van der Waals surface area contributed by atoms with Gasteiger partial charge in [0.25, 0.3) is 10.2 Å². The second kappa shape index (κ2) is 10.8. The van der Waals surface area contributed by atoms with Crippen LogP contribution in [0, 0.1) is 11.8 Å². The van der Waals surface area contributed by atoms with Crippen molar-refractivity contribution >= 4 is 16.2 Å². The Morgan fingerprint density at radius 3 is 2.45 bits per heavy atom. The molecule has 2 amide bonds. The van der Waals surface area contributed by atoms with Crippen LogP contribution in [0.1, 0.15) is 43.2 Å². The van der Waals surface area contributed by atoms with Crippen LogP contribution in [0.3, 0.4) is 0 Å². The first-order valence-electron chi connectivity index (χ1n) is 11.0. The number of carbonyl (C=O) groups is 1. The number of urea groups is 1. The molecule has 7 nitrogen and oxygen atoms in total. The van der Waals surface area contributed by atoms with Crippen molar-refractivity contribution in [1.29, 1.82) is 0 Å². The van der Waals surface area contributed by atoms with Crippen LogP contribution < -0.4 is 5.32 Å². The summed E-state index contributed by atoms with van der Waals surface area (Å²) in [6, 6.07) is 4.32. The molecule has 1 aromatic rings. The Kier molecular flexibility index (Phi) is 8.26. The lowest BCUT2D eigenvalue weighted by Gasteiger charge is -2.38. The summed E-state index contributed by atoms with van der Waals surface area (Å²) in [4.78, 5) is 13.9. The smallest absolute Gasteiger partial charge is 0.327 e. The molecule has 0 unspecified atom stereocenters. The standard InChI is InChI=1S/C22H29F3N4O3S/c1-27(20-10-3-2-4-11-20)33(31,32)29-15-13-28(14-16-29)21(30)26-12-6-8-18-7-5-9-19(17-18)22(23,24)25/h5,7,9,17,20H,2-4,10-16H2,1H3,(H,26,30). The average Bonchev–Trinajstić information content (AvgIpc) is 2.81. The van der Waals surface area contributed by atoms with Crippen molar-refractivity contribution < 1.29 is 26.4 Å². The van der Waals surface area contributed by atoms with Crippen molar-refractivity contribution in [2.45, 2.75) is 44.3 Å². The molecule has 0 radical (unpaired) electrons. The summed E-state index contributed by atoms with van der Waals surface area (Å²) in [7, 11) is -1.94. The minimum Gasteiger partial charge on any atom is -0.327 e. The fraction of sp³-hybridized carbons (Fsp3) is 0.591. The minimum absolute atomic E-state index is 0.0282. The van der Waals surface area contributed by atoms with Gasteiger partial charge in [-0.05, 0) is 31.0 Å². The van der Waals surface area contributed by atoms with Gasteiger partial charge in [-0.2, -0.15) is 30.2 Å². The number of alkyl halides is 3. The molecule has 33 heavy (non-hydrogen) atoms. The van der Waals surface area contributed by atoms with Gasteiger partial charge in [0.1, 0.15) is 0 Å². The molecule has 1 aliphatic heterocycles. The lowest BCUT2D eigenvalue weighted by Crippen LogP contribution is -2.56. The van der Waals surface area contributed by atoms with Crippen LogP contribution in [0.5, 0.6) is 0 Å². The van der Waals surface area contributed by atoms with Crippen molar-refractivity contribution in [3.05, 3.63) is 35.4 Å². The van der Waals surface area contributed by atoms with Crippen molar-refractivity contribution in [2.24, 2.45) is 0 Å². The molecule has 0 bridgehead atoms. The molecule has 1 saturated carbocycles. The van der Waals surface area contributed by atoms with Gasteiger partial charge in [0.15, 0.2) is 0 Å². The van der Waals surface area contributed by atoms with Crippen LogP contribution in [-0.2, 0) is 16.4 Å². The van der Waals surface area contributed by atoms with E-state index in [4.69, 9.17) is 0 Å². The predicted octanol–water partition coefficient (Wildman–Crippen LogP) is 2.89. The number of hydrogen-bond donors (Lipinski definition) is 1. The molecule has 0 aromatic heterocycles. The molecule has 0 spiro atoms. The zero-order chi connectivity index (χ0) is 24.1. The van der Waals surface area contributed by atoms with Gasteiger partial charge in [-0.25, -0.2) is 4.79 Å². The molecular formula is C22H29F3N4O3S. The minimum atomic E-state index is -4.44. The maximum atomic E-state index is 12.9. The molecule has 1 N–H and O–H groups in total. The summed E-state index contributed by atoms with van der Waals surface area (Å²) in [6.07, 6.45) is 0.527. The highest BCUT2D eigenvalue weighted by atomic mass is 32.2. The molecule has 2 fully saturated rings. The van der Waals surface area contributed by atoms with Crippen molar-refractivity contribution in [3.63, 3.8) is 0 Å². The van der Waals surface area contributed by atoms with Gasteiger partial charge in [-0.15, -0.1) is 0 Å². The van der Waals surface area contributed by atoms with Crippen LogP contribution in [0.4, 0.5) is 18.0 Å². The van der Waals surface area contributed by atoms with E-state index in [9.17, 15) is 26.4 Å². The lowest BCUT2D eigenvalue weighted by atomic mass is 9.96. The molecule has 3 rings (SSSR count). The van der Waals surface area contributed by atoms with Gasteiger partial charge in [-0.3, -0.25) is 0 Å². The quantitative estimate of drug-likeness (QED) is 0.666. The van der Waals surface area contributed by atoms with E-state index in [1.165, 1.54) is 25.6 Å². The molecule has 182 valence electrons. The molecule has 1 saturated heterocycles. The summed E-state index contributed by atoms with van der Waals surface area (Å²) in [5.74, 6) is 5.26. The van der Waals surface area contributed by atoms with Crippen molar-refractivity contribution in [1.82, 2.24) is 18.8 Å². The van der Waals surface area contributed by atoms with Crippen molar-refractivity contribution in [2.75, 3.05) is 39.8 Å². The van der Waals surface area contributed by atoms with E-state index in [-0.39, 0.29) is 50.4 Å². The van der Waals surface area contributed by atoms with Crippen LogP contribution in [-0.4, -0.2) is 73.8 Å². The number of nitrogens with one attached hydrogen (secondary N) is 1. The topological polar surface area (TPSA) is 73.0 Å². The largest absolute Gasteiger partial charge is 0.416 e. The molecule has 1 aromatic carbocycles. The lowest BCUT2D eigenvalue weighted by molar-refractivity contribution is -0.137. The van der Waals surface area contributed by atoms with E-state index in [1.807, 2.05) is 0 Å². The summed E-state index contributed by atoms with van der Waals surface area (Å²) in [5.41, 5.74) is -0.569. The molecule has 11 heteroatoms. The Balaban J connectivity index is 1.47. The Morgan fingerprint density at radius 2 is 1.82 bits per heavy atom. The number of carbonyl (C=O) groups excluding carboxylic acids is 1. The third-order valence-corrected chi connectivity index (χ3v) is 8.10. The number of rotatable bonds is 4. The van der Waals surface area contributed by atoms with E-state index in [1.54, 1.807) is 7.05 Å². The van der Waals surface area contributed by atoms with Crippen molar-refractivity contribution in [3.8, 4) is 11.8 Å². The van der Waals surface area contributed by atoms with E-state index in [0.717, 1.165) is 44.2 Å². The van der Waals surface area contributed by atoms with E-state index < -0.39 is 21.9 Å². The van der Waals surface area contributed by atoms with Crippen LogP contribution in [0.2, 0.25) is 0 Å². The first-order chi connectivity index (χ1) is 15.6. The molecule has 1 heterocycles. The third-order valence-electron chi connectivity index (χ3n) is 6.06. The Morgan fingerprint density at radius 1 is 1.15 bits per heavy atom. The number of nitrogens with zero attached hydrogens (tertiary/aromatic N) is 3. The van der Waals surface area contributed by atoms with E-state index in [0.29, 0.717) is 0 Å². The van der Waals surface area contributed by atoms with Crippen LogP contribution in [0.15, 0.2) is 24.3 Å². The SMILES string of the molecule is CN(C1CCCCC1)S(=O)(=O)N1CCN(C(=O)NCC#Cc2cccc(C(F)(F)F)c2)CC1. The average molecular weight is 487 g/mol. The normalized spacial score (nSPS) is 18.6. The maximum Gasteiger partial charge on any atom is 0.416 e. The van der Waals surface area contributed by atoms with Gasteiger partial charge in [-0.1, -0.05) is 37.2 Å². The predicted molar refractivity (Wildman–Crippen MR) is 118 cm³/mol. The monoisotopic (exact) mass is 486 g/mol. The number of piperazine rings is 1. The van der Waals surface area contributed by atoms with Crippen LogP contribution in [0.25, 0.3) is 0 Å². The highest BCUT2D eigenvalue weighted by Gasteiger charge is 2.35. The Hall–Kier alpha value is -2.29. The van der Waals surface area contributed by atoms with E-state index >= 15 is 0 Å². The molecule has 0 atom stereocenters. The number of benzene rings is 1. The molecule has 2 aliphatic rings. The van der Waals surface area contributed by atoms with Gasteiger partial charge < -0.3 is 10.2 Å². The highest BCUT2D eigenvalue weighted by molar-refractivity contribution is 7.86. The summed E-state index contributed by atoms with van der Waals surface area (Å²) < 4.78 is 67.0. The zero-order valence-electron chi connectivity index (χ0n) is 18.6. The first-order valence-corrected chi connectivity index (χ1v) is 12.4. The molecular weight excluding hydrogens is 457 g/mol. The summed E-state index contributed by atoms with van der Waals surface area (Å²) >= 11 is 0. The Bertz CT molecular complexity index is 990. The zero-order valence-corrected chi connectivity index (χ0v) is 19.4. The van der Waals surface area contributed by atoms with Gasteiger partial charge >= 0.3 is 12.2 Å². The fourth-order valence-corrected chi connectivity index (χ4v) is 5.66. The van der Waals surface area contributed by atoms with Gasteiger partial charge in [0.2, 0.25) is 0 Å². The number of amides is 2. The second-order valence-electron chi connectivity index (χ2n) is 8.24. The first kappa shape index (κ1) is 25.3. The fourth-order valence-electron chi connectivity index (χ4n) is 4.09. The Labute approximate surface area is 193 Å².